The molecule has 2 atom stereocenters. The Morgan fingerprint density at radius 3 is 2.31 bits per heavy atom. The molecule has 2 unspecified atom stereocenters. The molecule has 0 bridgehead atoms. The van der Waals surface area contributed by atoms with Crippen molar-refractivity contribution in [3.8, 4) is 0 Å². The zero-order valence-electron chi connectivity index (χ0n) is 7.30. The summed E-state index contributed by atoms with van der Waals surface area (Å²) in [5, 5.41) is 0.312. The van der Waals surface area contributed by atoms with Crippen LogP contribution in [0.2, 0.25) is 0 Å². The summed E-state index contributed by atoms with van der Waals surface area (Å²) in [4.78, 5) is 0. The fourth-order valence-corrected chi connectivity index (χ4v) is 1.95. The van der Waals surface area contributed by atoms with E-state index in [4.69, 9.17) is 0 Å². The summed E-state index contributed by atoms with van der Waals surface area (Å²) in [5.41, 5.74) is 1.34. The van der Waals surface area contributed by atoms with Gasteiger partial charge in [0.15, 0.2) is 0 Å². The van der Waals surface area contributed by atoms with Crippen LogP contribution in [0.25, 0.3) is 0 Å². The Morgan fingerprint density at radius 2 is 1.62 bits per heavy atom. The average molecular weight is 188 g/mol. The van der Waals surface area contributed by atoms with E-state index in [1.165, 1.54) is 5.56 Å². The van der Waals surface area contributed by atoms with Crippen LogP contribution in [-0.2, 0) is 0 Å². The maximum atomic E-state index is 4.53. The highest BCUT2D eigenvalue weighted by molar-refractivity contribution is 7.81. The number of rotatable bonds is 1. The molecule has 1 heteroatoms. The first-order valence-electron chi connectivity index (χ1n) is 4.46. The van der Waals surface area contributed by atoms with Crippen molar-refractivity contribution in [2.24, 2.45) is 0 Å². The van der Waals surface area contributed by atoms with E-state index in [1.807, 2.05) is 6.07 Å². The normalized spacial score (nSPS) is 26.2. The molecule has 0 heterocycles. The van der Waals surface area contributed by atoms with Gasteiger partial charge >= 0.3 is 0 Å². The second-order valence-corrected chi connectivity index (χ2v) is 3.79. The predicted molar refractivity (Wildman–Crippen MR) is 60.2 cm³/mol. The molecule has 1 aliphatic rings. The lowest BCUT2D eigenvalue weighted by molar-refractivity contribution is 0.876. The van der Waals surface area contributed by atoms with Crippen LogP contribution in [0, 0.1) is 0 Å². The largest absolute Gasteiger partial charge is 0.171 e. The molecule has 13 heavy (non-hydrogen) atoms. The molecule has 0 saturated carbocycles. The van der Waals surface area contributed by atoms with Crippen molar-refractivity contribution in [1.82, 2.24) is 0 Å². The number of hydrogen-bond acceptors (Lipinski definition) is 1. The standard InChI is InChI=1S/C12H12S/c13-12-9-5-4-8-11(12)10-6-2-1-3-7-10/h1-9,11-13H. The van der Waals surface area contributed by atoms with Crippen molar-refractivity contribution in [3.63, 3.8) is 0 Å². The van der Waals surface area contributed by atoms with Crippen molar-refractivity contribution in [3.05, 3.63) is 60.2 Å². The lowest BCUT2D eigenvalue weighted by atomic mass is 9.92. The minimum Gasteiger partial charge on any atom is -0.171 e. The molecule has 1 aliphatic carbocycles. The first-order valence-corrected chi connectivity index (χ1v) is 4.97. The molecule has 0 nitrogen and oxygen atoms in total. The fraction of sp³-hybridized carbons (Fsp3) is 0.167. The summed E-state index contributed by atoms with van der Waals surface area (Å²) in [7, 11) is 0. The van der Waals surface area contributed by atoms with Gasteiger partial charge < -0.3 is 0 Å². The highest BCUT2D eigenvalue weighted by Crippen LogP contribution is 2.28. The van der Waals surface area contributed by atoms with Crippen LogP contribution in [0.5, 0.6) is 0 Å². The first kappa shape index (κ1) is 8.64. The quantitative estimate of drug-likeness (QED) is 0.643. The third-order valence-corrected chi connectivity index (χ3v) is 2.78. The third kappa shape index (κ3) is 1.86. The Labute approximate surface area is 84.4 Å². The van der Waals surface area contributed by atoms with E-state index in [2.05, 4.69) is 61.2 Å². The first-order chi connectivity index (χ1) is 6.38. The molecule has 0 spiro atoms. The van der Waals surface area contributed by atoms with Crippen molar-refractivity contribution in [1.29, 1.82) is 0 Å². The third-order valence-electron chi connectivity index (χ3n) is 2.29. The zero-order valence-corrected chi connectivity index (χ0v) is 8.19. The van der Waals surface area contributed by atoms with Crippen LogP contribution < -0.4 is 0 Å². The highest BCUT2D eigenvalue weighted by atomic mass is 32.1. The van der Waals surface area contributed by atoms with Crippen LogP contribution in [-0.4, -0.2) is 5.25 Å². The summed E-state index contributed by atoms with van der Waals surface area (Å²) in [6.45, 7) is 0. The number of hydrogen-bond donors (Lipinski definition) is 1. The van der Waals surface area contributed by atoms with E-state index < -0.39 is 0 Å². The van der Waals surface area contributed by atoms with Gasteiger partial charge in [-0.15, -0.1) is 0 Å². The van der Waals surface area contributed by atoms with Gasteiger partial charge in [0.25, 0.3) is 0 Å². The predicted octanol–water partition coefficient (Wildman–Crippen LogP) is 3.19. The molecule has 0 aliphatic heterocycles. The van der Waals surface area contributed by atoms with Gasteiger partial charge in [0.2, 0.25) is 0 Å². The van der Waals surface area contributed by atoms with E-state index >= 15 is 0 Å². The highest BCUT2D eigenvalue weighted by Gasteiger charge is 2.15. The molecule has 1 aromatic rings. The van der Waals surface area contributed by atoms with Crippen LogP contribution in [0.4, 0.5) is 0 Å². The summed E-state index contributed by atoms with van der Waals surface area (Å²) in [5.74, 6) is 0.425. The van der Waals surface area contributed by atoms with Crippen molar-refractivity contribution in [2.75, 3.05) is 0 Å². The Balaban J connectivity index is 2.27. The van der Waals surface area contributed by atoms with Gasteiger partial charge in [-0.05, 0) is 5.56 Å². The van der Waals surface area contributed by atoms with Gasteiger partial charge in [0, 0.05) is 11.2 Å². The summed E-state index contributed by atoms with van der Waals surface area (Å²) >= 11 is 4.53. The second-order valence-electron chi connectivity index (χ2n) is 3.20. The SMILES string of the molecule is SC1C=CC=CC1c1ccccc1. The lowest BCUT2D eigenvalue weighted by Gasteiger charge is -2.19. The summed E-state index contributed by atoms with van der Waals surface area (Å²) in [6.07, 6.45) is 8.47. The van der Waals surface area contributed by atoms with Gasteiger partial charge in [0.05, 0.1) is 0 Å². The minimum absolute atomic E-state index is 0.312. The molecule has 0 saturated heterocycles. The molecule has 0 fully saturated rings. The minimum atomic E-state index is 0.312. The Morgan fingerprint density at radius 1 is 0.923 bits per heavy atom. The zero-order chi connectivity index (χ0) is 9.10. The van der Waals surface area contributed by atoms with Gasteiger partial charge in [0.1, 0.15) is 0 Å². The van der Waals surface area contributed by atoms with Gasteiger partial charge in [-0.1, -0.05) is 54.6 Å². The monoisotopic (exact) mass is 188 g/mol. The Bertz CT molecular complexity index is 324. The molecular weight excluding hydrogens is 176 g/mol. The summed E-state index contributed by atoms with van der Waals surface area (Å²) in [6, 6.07) is 10.5. The second kappa shape index (κ2) is 3.84. The fourth-order valence-electron chi connectivity index (χ4n) is 1.58. The molecule has 2 rings (SSSR count). The molecule has 66 valence electrons. The number of thiol groups is 1. The van der Waals surface area contributed by atoms with Crippen molar-refractivity contribution >= 4 is 12.6 Å². The van der Waals surface area contributed by atoms with E-state index in [0.717, 1.165) is 0 Å². The van der Waals surface area contributed by atoms with Crippen LogP contribution in [0.1, 0.15) is 11.5 Å². The molecule has 0 amide bonds. The van der Waals surface area contributed by atoms with Crippen LogP contribution in [0.15, 0.2) is 54.6 Å². The summed E-state index contributed by atoms with van der Waals surface area (Å²) < 4.78 is 0. The van der Waals surface area contributed by atoms with Gasteiger partial charge in [-0.25, -0.2) is 0 Å². The van der Waals surface area contributed by atoms with E-state index in [-0.39, 0.29) is 0 Å². The maximum absolute atomic E-state index is 4.53. The molecule has 0 radical (unpaired) electrons. The topological polar surface area (TPSA) is 0 Å². The van der Waals surface area contributed by atoms with Crippen LogP contribution in [0.3, 0.4) is 0 Å². The lowest BCUT2D eigenvalue weighted by Crippen LogP contribution is -2.09. The van der Waals surface area contributed by atoms with Crippen molar-refractivity contribution in [2.45, 2.75) is 11.2 Å². The average Bonchev–Trinajstić information content (AvgIpc) is 2.20. The van der Waals surface area contributed by atoms with E-state index in [0.29, 0.717) is 11.2 Å². The number of benzene rings is 1. The van der Waals surface area contributed by atoms with Crippen molar-refractivity contribution < 1.29 is 0 Å². The van der Waals surface area contributed by atoms with Gasteiger partial charge in [-0.2, -0.15) is 12.6 Å². The van der Waals surface area contributed by atoms with Gasteiger partial charge in [-0.3, -0.25) is 0 Å². The van der Waals surface area contributed by atoms with E-state index in [1.54, 1.807) is 0 Å². The smallest absolute Gasteiger partial charge is 0.0303 e. The molecular formula is C12H12S. The molecule has 1 aromatic carbocycles. The Hall–Kier alpha value is -0.950. The molecule has 0 aromatic heterocycles. The molecule has 0 N–H and O–H groups in total. The Kier molecular flexibility index (Phi) is 2.55. The van der Waals surface area contributed by atoms with E-state index in [9.17, 15) is 0 Å². The van der Waals surface area contributed by atoms with Crippen LogP contribution >= 0.6 is 12.6 Å². The number of allylic oxidation sites excluding steroid dienone is 3. The maximum Gasteiger partial charge on any atom is 0.0303 e.